The molecule has 2 amide bonds. The Kier molecular flexibility index (Phi) is 4.25. The van der Waals surface area contributed by atoms with Crippen LogP contribution in [0, 0.1) is 5.92 Å². The number of carbonyl (C=O) groups is 2. The standard InChI is InChI=1S/C15H26N2O3/c1-5-12-10-16(14(19)20-15(2,3)4)8-9-17(12)13(18)11-6-7-11/h11-12H,5-10H2,1-4H3/t12-/m0/s1. The van der Waals surface area contributed by atoms with Gasteiger partial charge in [0.2, 0.25) is 5.91 Å². The highest BCUT2D eigenvalue weighted by atomic mass is 16.6. The summed E-state index contributed by atoms with van der Waals surface area (Å²) in [6.45, 7) is 9.47. The monoisotopic (exact) mass is 282 g/mol. The fourth-order valence-corrected chi connectivity index (χ4v) is 2.55. The van der Waals surface area contributed by atoms with E-state index in [4.69, 9.17) is 4.74 Å². The van der Waals surface area contributed by atoms with Crippen molar-refractivity contribution in [2.45, 2.75) is 58.6 Å². The highest BCUT2D eigenvalue weighted by Gasteiger charge is 2.39. The second kappa shape index (κ2) is 5.62. The van der Waals surface area contributed by atoms with Gasteiger partial charge in [0, 0.05) is 31.6 Å². The van der Waals surface area contributed by atoms with Crippen LogP contribution in [0.25, 0.3) is 0 Å². The van der Waals surface area contributed by atoms with Gasteiger partial charge in [-0.25, -0.2) is 4.79 Å². The maximum Gasteiger partial charge on any atom is 0.410 e. The smallest absolute Gasteiger partial charge is 0.410 e. The number of ether oxygens (including phenoxy) is 1. The van der Waals surface area contributed by atoms with Gasteiger partial charge in [0.05, 0.1) is 0 Å². The molecule has 5 nitrogen and oxygen atoms in total. The molecule has 114 valence electrons. The molecular formula is C15H26N2O3. The lowest BCUT2D eigenvalue weighted by Crippen LogP contribution is -2.57. The van der Waals surface area contributed by atoms with Gasteiger partial charge >= 0.3 is 6.09 Å². The van der Waals surface area contributed by atoms with Crippen molar-refractivity contribution in [2.24, 2.45) is 5.92 Å². The number of amides is 2. The third kappa shape index (κ3) is 3.64. The summed E-state index contributed by atoms with van der Waals surface area (Å²) in [4.78, 5) is 28.0. The molecule has 0 bridgehead atoms. The van der Waals surface area contributed by atoms with Crippen LogP contribution in [0.2, 0.25) is 0 Å². The van der Waals surface area contributed by atoms with E-state index in [1.807, 2.05) is 25.7 Å². The van der Waals surface area contributed by atoms with E-state index in [2.05, 4.69) is 6.92 Å². The summed E-state index contributed by atoms with van der Waals surface area (Å²) in [7, 11) is 0. The number of rotatable bonds is 2. The number of carbonyl (C=O) groups excluding carboxylic acids is 2. The zero-order valence-corrected chi connectivity index (χ0v) is 13.0. The van der Waals surface area contributed by atoms with Crippen molar-refractivity contribution in [1.82, 2.24) is 9.80 Å². The molecule has 0 N–H and O–H groups in total. The number of piperazine rings is 1. The summed E-state index contributed by atoms with van der Waals surface area (Å²) in [5, 5.41) is 0. The van der Waals surface area contributed by atoms with Crippen LogP contribution >= 0.6 is 0 Å². The zero-order chi connectivity index (χ0) is 14.9. The Morgan fingerprint density at radius 1 is 1.20 bits per heavy atom. The summed E-state index contributed by atoms with van der Waals surface area (Å²) in [5.41, 5.74) is -0.472. The predicted octanol–water partition coefficient (Wildman–Crippen LogP) is 2.25. The van der Waals surface area contributed by atoms with Crippen LogP contribution in [0.1, 0.15) is 47.0 Å². The van der Waals surface area contributed by atoms with Crippen molar-refractivity contribution in [2.75, 3.05) is 19.6 Å². The first kappa shape index (κ1) is 15.1. The van der Waals surface area contributed by atoms with Crippen LogP contribution in [-0.4, -0.2) is 53.1 Å². The average molecular weight is 282 g/mol. The molecule has 1 saturated carbocycles. The Balaban J connectivity index is 1.94. The Hall–Kier alpha value is -1.26. The van der Waals surface area contributed by atoms with E-state index in [0.717, 1.165) is 19.3 Å². The minimum Gasteiger partial charge on any atom is -0.444 e. The largest absolute Gasteiger partial charge is 0.444 e. The van der Waals surface area contributed by atoms with E-state index in [1.165, 1.54) is 0 Å². The van der Waals surface area contributed by atoms with E-state index in [-0.39, 0.29) is 24.0 Å². The van der Waals surface area contributed by atoms with Gasteiger partial charge in [-0.1, -0.05) is 6.92 Å². The highest BCUT2D eigenvalue weighted by Crippen LogP contribution is 2.32. The molecule has 1 aliphatic heterocycles. The summed E-state index contributed by atoms with van der Waals surface area (Å²) < 4.78 is 5.41. The molecule has 0 unspecified atom stereocenters. The molecule has 0 aromatic carbocycles. The van der Waals surface area contributed by atoms with Crippen molar-refractivity contribution in [3.63, 3.8) is 0 Å². The molecule has 1 saturated heterocycles. The van der Waals surface area contributed by atoms with Gasteiger partial charge in [-0.2, -0.15) is 0 Å². The minimum atomic E-state index is -0.472. The fraction of sp³-hybridized carbons (Fsp3) is 0.867. The van der Waals surface area contributed by atoms with Crippen molar-refractivity contribution in [3.05, 3.63) is 0 Å². The molecule has 0 spiro atoms. The minimum absolute atomic E-state index is 0.129. The Morgan fingerprint density at radius 2 is 1.85 bits per heavy atom. The summed E-state index contributed by atoms with van der Waals surface area (Å²) in [6.07, 6.45) is 2.66. The second-order valence-corrected chi connectivity index (χ2v) is 6.79. The molecule has 0 radical (unpaired) electrons. The zero-order valence-electron chi connectivity index (χ0n) is 13.0. The lowest BCUT2D eigenvalue weighted by molar-refractivity contribution is -0.137. The van der Waals surface area contributed by atoms with Crippen molar-refractivity contribution >= 4 is 12.0 Å². The lowest BCUT2D eigenvalue weighted by Gasteiger charge is -2.41. The van der Waals surface area contributed by atoms with Gasteiger partial charge in [-0.15, -0.1) is 0 Å². The van der Waals surface area contributed by atoms with Gasteiger partial charge < -0.3 is 14.5 Å². The van der Waals surface area contributed by atoms with E-state index in [1.54, 1.807) is 4.90 Å². The topological polar surface area (TPSA) is 49.9 Å². The molecule has 2 rings (SSSR count). The summed E-state index contributed by atoms with van der Waals surface area (Å²) in [6, 6.07) is 0.129. The van der Waals surface area contributed by atoms with E-state index in [9.17, 15) is 9.59 Å². The number of nitrogens with zero attached hydrogens (tertiary/aromatic N) is 2. The van der Waals surface area contributed by atoms with E-state index in [0.29, 0.717) is 19.6 Å². The molecule has 1 aliphatic carbocycles. The molecule has 1 atom stereocenters. The van der Waals surface area contributed by atoms with Gasteiger partial charge in [0.25, 0.3) is 0 Å². The Bertz CT molecular complexity index is 385. The SMILES string of the molecule is CC[C@H]1CN(C(=O)OC(C)(C)C)CCN1C(=O)C1CC1. The third-order valence-electron chi connectivity index (χ3n) is 3.82. The van der Waals surface area contributed by atoms with Crippen LogP contribution < -0.4 is 0 Å². The lowest BCUT2D eigenvalue weighted by atomic mass is 10.1. The van der Waals surface area contributed by atoms with Crippen molar-refractivity contribution in [1.29, 1.82) is 0 Å². The molecule has 2 aliphatic rings. The van der Waals surface area contributed by atoms with Crippen LogP contribution in [0.15, 0.2) is 0 Å². The van der Waals surface area contributed by atoms with E-state index >= 15 is 0 Å². The molecular weight excluding hydrogens is 256 g/mol. The van der Waals surface area contributed by atoms with Crippen LogP contribution in [0.5, 0.6) is 0 Å². The maximum atomic E-state index is 12.2. The average Bonchev–Trinajstić information content (AvgIpc) is 3.19. The van der Waals surface area contributed by atoms with Crippen molar-refractivity contribution in [3.8, 4) is 0 Å². The normalized spacial score (nSPS) is 23.7. The van der Waals surface area contributed by atoms with Crippen LogP contribution in [-0.2, 0) is 9.53 Å². The van der Waals surface area contributed by atoms with Gasteiger partial charge in [0.15, 0.2) is 0 Å². The maximum absolute atomic E-state index is 12.2. The molecule has 2 fully saturated rings. The first-order chi connectivity index (χ1) is 9.31. The first-order valence-electron chi connectivity index (χ1n) is 7.60. The molecule has 0 aromatic rings. The second-order valence-electron chi connectivity index (χ2n) is 6.79. The molecule has 5 heteroatoms. The third-order valence-corrected chi connectivity index (χ3v) is 3.82. The highest BCUT2D eigenvalue weighted by molar-refractivity contribution is 5.81. The van der Waals surface area contributed by atoms with Gasteiger partial charge in [-0.05, 0) is 40.0 Å². The van der Waals surface area contributed by atoms with Gasteiger partial charge in [-0.3, -0.25) is 4.79 Å². The molecule has 0 aromatic heterocycles. The Morgan fingerprint density at radius 3 is 2.35 bits per heavy atom. The molecule has 20 heavy (non-hydrogen) atoms. The number of hydrogen-bond donors (Lipinski definition) is 0. The van der Waals surface area contributed by atoms with Gasteiger partial charge in [0.1, 0.15) is 5.60 Å². The predicted molar refractivity (Wildman–Crippen MR) is 76.3 cm³/mol. The van der Waals surface area contributed by atoms with Crippen molar-refractivity contribution < 1.29 is 14.3 Å². The Labute approximate surface area is 121 Å². The number of hydrogen-bond acceptors (Lipinski definition) is 3. The van der Waals surface area contributed by atoms with Crippen LogP contribution in [0.3, 0.4) is 0 Å². The summed E-state index contributed by atoms with van der Waals surface area (Å²) >= 11 is 0. The van der Waals surface area contributed by atoms with E-state index < -0.39 is 5.60 Å². The first-order valence-corrected chi connectivity index (χ1v) is 7.60. The summed E-state index contributed by atoms with van der Waals surface area (Å²) in [5.74, 6) is 0.526. The molecule has 1 heterocycles. The quantitative estimate of drug-likeness (QED) is 0.780. The fourth-order valence-electron chi connectivity index (χ4n) is 2.55. The van der Waals surface area contributed by atoms with Crippen LogP contribution in [0.4, 0.5) is 4.79 Å².